The molecule has 1 aliphatic rings. The molecule has 3 amide bonds. The summed E-state index contributed by atoms with van der Waals surface area (Å²) in [6, 6.07) is -0.618. The van der Waals surface area contributed by atoms with E-state index < -0.39 is 17.5 Å². The molecule has 0 aromatic heterocycles. The molecule has 0 bridgehead atoms. The molecule has 1 rings (SSSR count). The Morgan fingerprint density at radius 1 is 1.30 bits per heavy atom. The van der Waals surface area contributed by atoms with Gasteiger partial charge in [-0.05, 0) is 25.7 Å². The van der Waals surface area contributed by atoms with Crippen molar-refractivity contribution in [3.8, 4) is 0 Å². The zero-order valence-electron chi connectivity index (χ0n) is 12.0. The normalized spacial score (nSPS) is 25.6. The van der Waals surface area contributed by atoms with Crippen LogP contribution in [0.3, 0.4) is 0 Å². The maximum Gasteiger partial charge on any atom is 0.329 e. The highest BCUT2D eigenvalue weighted by molar-refractivity contribution is 5.88. The minimum absolute atomic E-state index is 0.162. The second kappa shape index (κ2) is 7.12. The van der Waals surface area contributed by atoms with Crippen LogP contribution in [0.5, 0.6) is 0 Å². The molecule has 1 aliphatic carbocycles. The van der Waals surface area contributed by atoms with E-state index in [0.717, 1.165) is 12.8 Å². The van der Waals surface area contributed by atoms with Gasteiger partial charge in [-0.25, -0.2) is 9.59 Å². The zero-order chi connectivity index (χ0) is 15.2. The van der Waals surface area contributed by atoms with Gasteiger partial charge in [-0.2, -0.15) is 0 Å². The Hall–Kier alpha value is -1.79. The predicted octanol–water partition coefficient (Wildman–Crippen LogP) is 0.455. The fourth-order valence-corrected chi connectivity index (χ4v) is 2.59. The van der Waals surface area contributed by atoms with Gasteiger partial charge in [0.15, 0.2) is 0 Å². The van der Waals surface area contributed by atoms with Crippen molar-refractivity contribution in [1.82, 2.24) is 16.0 Å². The SMILES string of the molecule is CCNC(=O)CNC(=O)NC1(C(=O)O)CCCC(C)C1. The summed E-state index contributed by atoms with van der Waals surface area (Å²) in [5, 5.41) is 16.9. The summed E-state index contributed by atoms with van der Waals surface area (Å²) < 4.78 is 0. The minimum atomic E-state index is -1.22. The van der Waals surface area contributed by atoms with Crippen molar-refractivity contribution in [2.75, 3.05) is 13.1 Å². The van der Waals surface area contributed by atoms with Gasteiger partial charge in [-0.15, -0.1) is 0 Å². The molecule has 1 saturated carbocycles. The average molecular weight is 285 g/mol. The van der Waals surface area contributed by atoms with Gasteiger partial charge in [0.2, 0.25) is 5.91 Å². The van der Waals surface area contributed by atoms with Crippen molar-refractivity contribution >= 4 is 17.9 Å². The van der Waals surface area contributed by atoms with Crippen LogP contribution in [0, 0.1) is 5.92 Å². The molecule has 114 valence electrons. The molecule has 7 nitrogen and oxygen atoms in total. The Morgan fingerprint density at radius 3 is 2.55 bits per heavy atom. The number of likely N-dealkylation sites (N-methyl/N-ethyl adjacent to an activating group) is 1. The maximum absolute atomic E-state index is 11.8. The van der Waals surface area contributed by atoms with E-state index >= 15 is 0 Å². The molecule has 2 atom stereocenters. The number of hydrogen-bond acceptors (Lipinski definition) is 3. The highest BCUT2D eigenvalue weighted by Gasteiger charge is 2.43. The molecule has 0 aromatic rings. The molecule has 20 heavy (non-hydrogen) atoms. The Bertz CT molecular complexity index is 386. The highest BCUT2D eigenvalue weighted by Crippen LogP contribution is 2.32. The third-order valence-corrected chi connectivity index (χ3v) is 3.54. The quantitative estimate of drug-likeness (QED) is 0.588. The Kier molecular flexibility index (Phi) is 5.79. The lowest BCUT2D eigenvalue weighted by Crippen LogP contribution is -2.59. The van der Waals surface area contributed by atoms with Crippen molar-refractivity contribution in [2.45, 2.75) is 45.1 Å². The Balaban J connectivity index is 2.55. The molecule has 0 aliphatic heterocycles. The van der Waals surface area contributed by atoms with Crippen LogP contribution in [0.25, 0.3) is 0 Å². The molecular formula is C13H23N3O4. The van der Waals surface area contributed by atoms with Crippen LogP contribution in [0.15, 0.2) is 0 Å². The Labute approximate surface area is 118 Å². The minimum Gasteiger partial charge on any atom is -0.480 e. The van der Waals surface area contributed by atoms with Crippen LogP contribution < -0.4 is 16.0 Å². The van der Waals surface area contributed by atoms with Crippen molar-refractivity contribution in [2.24, 2.45) is 5.92 Å². The first-order chi connectivity index (χ1) is 9.39. The van der Waals surface area contributed by atoms with Crippen LogP contribution in [0.1, 0.15) is 39.5 Å². The maximum atomic E-state index is 11.8. The number of carboxylic acids is 1. The molecule has 0 heterocycles. The number of carboxylic acid groups (broad SMARTS) is 1. The molecule has 1 fully saturated rings. The standard InChI is InChI=1S/C13H23N3O4/c1-3-14-10(17)8-15-12(20)16-13(11(18)19)6-4-5-9(2)7-13/h9H,3-8H2,1-2H3,(H,14,17)(H,18,19)(H2,15,16,20). The van der Waals surface area contributed by atoms with Gasteiger partial charge in [0, 0.05) is 6.54 Å². The molecular weight excluding hydrogens is 262 g/mol. The number of amides is 3. The van der Waals surface area contributed by atoms with E-state index in [1.165, 1.54) is 0 Å². The summed E-state index contributed by atoms with van der Waals surface area (Å²) in [4.78, 5) is 34.5. The molecule has 0 radical (unpaired) electrons. The molecule has 0 aromatic carbocycles. The van der Waals surface area contributed by atoms with Gasteiger partial charge in [0.05, 0.1) is 6.54 Å². The number of rotatable bonds is 5. The predicted molar refractivity (Wildman–Crippen MR) is 73.2 cm³/mol. The lowest BCUT2D eigenvalue weighted by Gasteiger charge is -2.36. The number of aliphatic carboxylic acids is 1. The van der Waals surface area contributed by atoms with Crippen molar-refractivity contribution in [3.63, 3.8) is 0 Å². The van der Waals surface area contributed by atoms with E-state index in [1.807, 2.05) is 6.92 Å². The van der Waals surface area contributed by atoms with E-state index in [9.17, 15) is 19.5 Å². The van der Waals surface area contributed by atoms with Crippen LogP contribution in [-0.2, 0) is 9.59 Å². The summed E-state index contributed by atoms with van der Waals surface area (Å²) in [5.41, 5.74) is -1.22. The third kappa shape index (κ3) is 4.40. The monoisotopic (exact) mass is 285 g/mol. The number of hydrogen-bond donors (Lipinski definition) is 4. The fourth-order valence-electron chi connectivity index (χ4n) is 2.59. The summed E-state index contributed by atoms with van der Waals surface area (Å²) in [7, 11) is 0. The number of carbonyl (C=O) groups is 3. The van der Waals surface area contributed by atoms with Gasteiger partial charge >= 0.3 is 12.0 Å². The smallest absolute Gasteiger partial charge is 0.329 e. The van der Waals surface area contributed by atoms with E-state index in [-0.39, 0.29) is 18.4 Å². The van der Waals surface area contributed by atoms with E-state index in [4.69, 9.17) is 0 Å². The van der Waals surface area contributed by atoms with Crippen LogP contribution in [0.2, 0.25) is 0 Å². The fraction of sp³-hybridized carbons (Fsp3) is 0.769. The second-order valence-electron chi connectivity index (χ2n) is 5.35. The molecule has 2 unspecified atom stereocenters. The third-order valence-electron chi connectivity index (χ3n) is 3.54. The topological polar surface area (TPSA) is 108 Å². The summed E-state index contributed by atoms with van der Waals surface area (Å²) in [6.07, 6.45) is 2.57. The van der Waals surface area contributed by atoms with E-state index in [0.29, 0.717) is 19.4 Å². The van der Waals surface area contributed by atoms with E-state index in [1.54, 1.807) is 6.92 Å². The average Bonchev–Trinajstić information content (AvgIpc) is 2.36. The summed E-state index contributed by atoms with van der Waals surface area (Å²) in [5.74, 6) is -1.07. The van der Waals surface area contributed by atoms with Crippen molar-refractivity contribution in [3.05, 3.63) is 0 Å². The van der Waals surface area contributed by atoms with Crippen molar-refractivity contribution in [1.29, 1.82) is 0 Å². The van der Waals surface area contributed by atoms with Crippen LogP contribution >= 0.6 is 0 Å². The van der Waals surface area contributed by atoms with E-state index in [2.05, 4.69) is 16.0 Å². The lowest BCUT2D eigenvalue weighted by molar-refractivity contribution is -0.146. The number of nitrogens with one attached hydrogen (secondary N) is 3. The van der Waals surface area contributed by atoms with Gasteiger partial charge in [0.25, 0.3) is 0 Å². The highest BCUT2D eigenvalue weighted by atomic mass is 16.4. The lowest BCUT2D eigenvalue weighted by atomic mass is 9.76. The van der Waals surface area contributed by atoms with Gasteiger partial charge in [-0.1, -0.05) is 19.8 Å². The Morgan fingerprint density at radius 2 is 2.00 bits per heavy atom. The van der Waals surface area contributed by atoms with Gasteiger partial charge in [0.1, 0.15) is 5.54 Å². The molecule has 0 spiro atoms. The molecule has 0 saturated heterocycles. The van der Waals surface area contributed by atoms with Gasteiger partial charge < -0.3 is 21.1 Å². The van der Waals surface area contributed by atoms with Crippen LogP contribution in [-0.4, -0.2) is 41.6 Å². The largest absolute Gasteiger partial charge is 0.480 e. The molecule has 7 heteroatoms. The zero-order valence-corrected chi connectivity index (χ0v) is 12.0. The summed E-state index contributed by atoms with van der Waals surface area (Å²) >= 11 is 0. The first-order valence-electron chi connectivity index (χ1n) is 6.95. The van der Waals surface area contributed by atoms with Crippen LogP contribution in [0.4, 0.5) is 4.79 Å². The number of carbonyl (C=O) groups excluding carboxylic acids is 2. The molecule has 4 N–H and O–H groups in total. The summed E-state index contributed by atoms with van der Waals surface area (Å²) in [6.45, 7) is 4.08. The van der Waals surface area contributed by atoms with Crippen molar-refractivity contribution < 1.29 is 19.5 Å². The number of urea groups is 1. The first kappa shape index (κ1) is 16.3. The van der Waals surface area contributed by atoms with Gasteiger partial charge in [-0.3, -0.25) is 4.79 Å². The first-order valence-corrected chi connectivity index (χ1v) is 6.95. The second-order valence-corrected chi connectivity index (χ2v) is 5.35.